The van der Waals surface area contributed by atoms with Gasteiger partial charge in [-0.2, -0.15) is 0 Å². The van der Waals surface area contributed by atoms with E-state index >= 15 is 0 Å². The molecule has 1 fully saturated rings. The number of anilines is 1. The average molecular weight is 462 g/mol. The van der Waals surface area contributed by atoms with Crippen molar-refractivity contribution in [2.45, 2.75) is 25.9 Å². The van der Waals surface area contributed by atoms with Crippen LogP contribution in [0.5, 0.6) is 17.2 Å². The molecule has 2 aromatic carbocycles. The molecule has 1 aliphatic heterocycles. The first-order valence-electron chi connectivity index (χ1n) is 10.3. The fraction of sp³-hybridized carbons (Fsp3) is 0.391. The first kappa shape index (κ1) is 23.7. The Bertz CT molecular complexity index is 965. The maximum absolute atomic E-state index is 13.1. The van der Waals surface area contributed by atoms with Gasteiger partial charge in [0.2, 0.25) is 11.7 Å². The number of amides is 1. The molecule has 1 unspecified atom stereocenters. The summed E-state index contributed by atoms with van der Waals surface area (Å²) in [6.07, 6.45) is 1.96. The van der Waals surface area contributed by atoms with E-state index in [1.54, 1.807) is 12.1 Å². The lowest BCUT2D eigenvalue weighted by Gasteiger charge is -2.16. The number of guanidine groups is 1. The Morgan fingerprint density at radius 3 is 2.44 bits per heavy atom. The van der Waals surface area contributed by atoms with Crippen molar-refractivity contribution in [2.24, 2.45) is 4.99 Å². The van der Waals surface area contributed by atoms with Gasteiger partial charge in [0, 0.05) is 12.2 Å². The van der Waals surface area contributed by atoms with Crippen LogP contribution in [0, 0.1) is 6.92 Å². The predicted octanol–water partition coefficient (Wildman–Crippen LogP) is 4.05. The normalized spacial score (nSPS) is 15.9. The van der Waals surface area contributed by atoms with Crippen LogP contribution in [0.1, 0.15) is 28.8 Å². The lowest BCUT2D eigenvalue weighted by molar-refractivity contribution is 0.0974. The van der Waals surface area contributed by atoms with Crippen LogP contribution in [-0.4, -0.2) is 52.5 Å². The molecule has 0 spiro atoms. The van der Waals surface area contributed by atoms with Gasteiger partial charge in [0.25, 0.3) is 5.91 Å². The van der Waals surface area contributed by atoms with Crippen molar-refractivity contribution < 1.29 is 23.7 Å². The van der Waals surface area contributed by atoms with E-state index in [0.717, 1.165) is 25.0 Å². The molecule has 1 aliphatic rings. The second-order valence-corrected chi connectivity index (χ2v) is 7.71. The van der Waals surface area contributed by atoms with Gasteiger partial charge in [-0.25, -0.2) is 4.99 Å². The van der Waals surface area contributed by atoms with Gasteiger partial charge in [-0.15, -0.1) is 0 Å². The summed E-state index contributed by atoms with van der Waals surface area (Å²) in [7, 11) is 4.49. The summed E-state index contributed by atoms with van der Waals surface area (Å²) in [5, 5.41) is 6.47. The van der Waals surface area contributed by atoms with Crippen molar-refractivity contribution in [2.75, 3.05) is 39.8 Å². The summed E-state index contributed by atoms with van der Waals surface area (Å²) in [6, 6.07) is 8.75. The number of hydrogen-bond donors (Lipinski definition) is 2. The standard InChI is InChI=1S/C23H28ClN3O5/c1-14-7-8-18(17(24)10-14)26-23(25-13-16-6-5-9-32-16)27-22(28)15-11-19(29-2)21(31-4)20(12-15)30-3/h7-8,10-12,16H,5-6,9,13H2,1-4H3,(H2,25,26,27,28). The molecule has 2 aromatic rings. The smallest absolute Gasteiger partial charge is 0.258 e. The third-order valence-electron chi connectivity index (χ3n) is 5.01. The number of aliphatic imine (C=N–C) groups is 1. The molecule has 0 radical (unpaired) electrons. The van der Waals surface area contributed by atoms with E-state index in [0.29, 0.717) is 40.1 Å². The van der Waals surface area contributed by atoms with E-state index in [9.17, 15) is 4.79 Å². The molecular weight excluding hydrogens is 434 g/mol. The zero-order valence-corrected chi connectivity index (χ0v) is 19.4. The van der Waals surface area contributed by atoms with Crippen LogP contribution in [0.4, 0.5) is 5.69 Å². The highest BCUT2D eigenvalue weighted by atomic mass is 35.5. The van der Waals surface area contributed by atoms with E-state index in [2.05, 4.69) is 15.6 Å². The van der Waals surface area contributed by atoms with Gasteiger partial charge in [0.1, 0.15) is 0 Å². The van der Waals surface area contributed by atoms with Crippen LogP contribution in [0.25, 0.3) is 0 Å². The highest BCUT2D eigenvalue weighted by molar-refractivity contribution is 6.34. The van der Waals surface area contributed by atoms with Gasteiger partial charge < -0.3 is 24.3 Å². The van der Waals surface area contributed by atoms with Crippen molar-refractivity contribution in [3.8, 4) is 17.2 Å². The number of nitrogens with one attached hydrogen (secondary N) is 2. The van der Waals surface area contributed by atoms with E-state index in [4.69, 9.17) is 30.5 Å². The number of carbonyl (C=O) groups is 1. The summed E-state index contributed by atoms with van der Waals surface area (Å²) in [5.41, 5.74) is 1.98. The Balaban J connectivity index is 1.86. The van der Waals surface area contributed by atoms with E-state index in [-0.39, 0.29) is 12.1 Å². The number of ether oxygens (including phenoxy) is 4. The monoisotopic (exact) mass is 461 g/mol. The molecule has 1 amide bonds. The van der Waals surface area contributed by atoms with Crippen molar-refractivity contribution in [1.82, 2.24) is 5.32 Å². The molecule has 3 rings (SSSR count). The Hall–Kier alpha value is -2.97. The van der Waals surface area contributed by atoms with Crippen LogP contribution in [0.3, 0.4) is 0 Å². The lowest BCUT2D eigenvalue weighted by Crippen LogP contribution is -2.37. The molecular formula is C23H28ClN3O5. The Kier molecular flexibility index (Phi) is 8.19. The predicted molar refractivity (Wildman–Crippen MR) is 125 cm³/mol. The molecule has 172 valence electrons. The van der Waals surface area contributed by atoms with E-state index < -0.39 is 5.91 Å². The summed E-state index contributed by atoms with van der Waals surface area (Å²) in [5.74, 6) is 1.04. The Morgan fingerprint density at radius 2 is 1.88 bits per heavy atom. The third kappa shape index (κ3) is 5.83. The van der Waals surface area contributed by atoms with E-state index in [1.807, 2.05) is 25.1 Å². The van der Waals surface area contributed by atoms with Crippen molar-refractivity contribution >= 4 is 29.2 Å². The summed E-state index contributed by atoms with van der Waals surface area (Å²) < 4.78 is 21.7. The SMILES string of the molecule is COc1cc(C(=O)NC(=NCC2CCCO2)Nc2ccc(C)cc2Cl)cc(OC)c1OC. The number of carbonyl (C=O) groups excluding carboxylic acids is 1. The van der Waals surface area contributed by atoms with Crippen LogP contribution in [0.2, 0.25) is 5.02 Å². The third-order valence-corrected chi connectivity index (χ3v) is 5.33. The minimum Gasteiger partial charge on any atom is -0.493 e. The molecule has 1 atom stereocenters. The fourth-order valence-electron chi connectivity index (χ4n) is 3.33. The maximum Gasteiger partial charge on any atom is 0.258 e. The van der Waals surface area contributed by atoms with Crippen LogP contribution in [0.15, 0.2) is 35.3 Å². The van der Waals surface area contributed by atoms with E-state index in [1.165, 1.54) is 21.3 Å². The van der Waals surface area contributed by atoms with Gasteiger partial charge in [0.15, 0.2) is 11.5 Å². The molecule has 8 nitrogen and oxygen atoms in total. The molecule has 2 N–H and O–H groups in total. The number of rotatable bonds is 7. The Labute approximate surface area is 192 Å². The minimum atomic E-state index is -0.397. The summed E-state index contributed by atoms with van der Waals surface area (Å²) >= 11 is 6.37. The number of benzene rings is 2. The second kappa shape index (κ2) is 11.1. The number of hydrogen-bond acceptors (Lipinski definition) is 6. The van der Waals surface area contributed by atoms with Crippen molar-refractivity contribution in [3.05, 3.63) is 46.5 Å². The highest BCUT2D eigenvalue weighted by Crippen LogP contribution is 2.38. The first-order chi connectivity index (χ1) is 15.4. The second-order valence-electron chi connectivity index (χ2n) is 7.30. The summed E-state index contributed by atoms with van der Waals surface area (Å²) in [4.78, 5) is 17.6. The molecule has 9 heteroatoms. The van der Waals surface area contributed by atoms with Gasteiger partial charge in [0.05, 0.1) is 44.7 Å². The molecule has 0 bridgehead atoms. The van der Waals surface area contributed by atoms with Gasteiger partial charge in [-0.1, -0.05) is 17.7 Å². The molecule has 1 heterocycles. The average Bonchev–Trinajstić information content (AvgIpc) is 3.31. The quantitative estimate of drug-likeness (QED) is 0.477. The van der Waals surface area contributed by atoms with Gasteiger partial charge in [-0.05, 0) is 49.6 Å². The number of aryl methyl sites for hydroxylation is 1. The van der Waals surface area contributed by atoms with Gasteiger partial charge in [-0.3, -0.25) is 10.1 Å². The Morgan fingerprint density at radius 1 is 1.16 bits per heavy atom. The van der Waals surface area contributed by atoms with Crippen LogP contribution >= 0.6 is 11.6 Å². The summed E-state index contributed by atoms with van der Waals surface area (Å²) in [6.45, 7) is 3.10. The molecule has 32 heavy (non-hydrogen) atoms. The van der Waals surface area contributed by atoms with Gasteiger partial charge >= 0.3 is 0 Å². The molecule has 0 aliphatic carbocycles. The highest BCUT2D eigenvalue weighted by Gasteiger charge is 2.19. The topological polar surface area (TPSA) is 90.4 Å². The molecule has 0 aromatic heterocycles. The van der Waals surface area contributed by atoms with Crippen molar-refractivity contribution in [3.63, 3.8) is 0 Å². The van der Waals surface area contributed by atoms with Crippen LogP contribution < -0.4 is 24.8 Å². The molecule has 0 saturated carbocycles. The first-order valence-corrected chi connectivity index (χ1v) is 10.6. The maximum atomic E-state index is 13.1. The zero-order valence-electron chi connectivity index (χ0n) is 18.7. The number of nitrogens with zero attached hydrogens (tertiary/aromatic N) is 1. The molecule has 1 saturated heterocycles. The number of halogens is 1. The fourth-order valence-corrected chi connectivity index (χ4v) is 3.62. The van der Waals surface area contributed by atoms with Crippen molar-refractivity contribution in [1.29, 1.82) is 0 Å². The van der Waals surface area contributed by atoms with Crippen LogP contribution in [-0.2, 0) is 4.74 Å². The minimum absolute atomic E-state index is 0.0263. The zero-order chi connectivity index (χ0) is 23.1. The lowest BCUT2D eigenvalue weighted by atomic mass is 10.1. The largest absolute Gasteiger partial charge is 0.493 e. The number of methoxy groups -OCH3 is 3.